The van der Waals surface area contributed by atoms with Crippen molar-refractivity contribution in [1.82, 2.24) is 15.0 Å². The van der Waals surface area contributed by atoms with E-state index in [0.29, 0.717) is 41.1 Å². The van der Waals surface area contributed by atoms with Gasteiger partial charge in [0.05, 0.1) is 29.3 Å². The molecule has 4 heterocycles. The Hall–Kier alpha value is -6.90. The number of benzene rings is 2. The summed E-state index contributed by atoms with van der Waals surface area (Å²) < 4.78 is 95.2. The standard InChI is InChI=1S/C31H29ClN8O.3C2HF3O2/c32-26-19-35-31-37-25-13-21(17-34-18-25)5-6-22-15-24(36-30(26)39-31)7-8-27(22)38-29(41)14-20-9-11-40(12-10-20)28-4-2-1-3-23(28)16-33;3*3-2(4,5)1(6)7/h1-4,7-8,13,15,17-20H,5-6,9-12,14H2,(H,38,41)(H2,35,36,37,39);3*(H,6,7). The van der Waals surface area contributed by atoms with Crippen LogP contribution in [0.3, 0.4) is 0 Å². The van der Waals surface area contributed by atoms with E-state index >= 15 is 0 Å². The third-order valence-electron chi connectivity index (χ3n) is 8.30. The number of carbonyl (C=O) groups is 4. The minimum absolute atomic E-state index is 0.0112. The van der Waals surface area contributed by atoms with Crippen LogP contribution in [0.25, 0.3) is 0 Å². The van der Waals surface area contributed by atoms with Gasteiger partial charge < -0.3 is 36.2 Å². The Labute approximate surface area is 349 Å². The van der Waals surface area contributed by atoms with E-state index in [1.165, 1.54) is 0 Å². The smallest absolute Gasteiger partial charge is 0.475 e. The molecular formula is C37H32ClF9N8O7. The van der Waals surface area contributed by atoms with Crippen molar-refractivity contribution >= 4 is 69.9 Å². The number of aliphatic carboxylic acids is 3. The van der Waals surface area contributed by atoms with Crippen LogP contribution in [-0.4, -0.2) is 85.7 Å². The van der Waals surface area contributed by atoms with Gasteiger partial charge in [-0.15, -0.1) is 0 Å². The molecule has 2 aromatic heterocycles. The van der Waals surface area contributed by atoms with Crippen molar-refractivity contribution in [2.45, 2.75) is 50.6 Å². The van der Waals surface area contributed by atoms with Gasteiger partial charge in [0.2, 0.25) is 11.9 Å². The second kappa shape index (κ2) is 21.6. The average molecular weight is 907 g/mol. The van der Waals surface area contributed by atoms with E-state index in [1.807, 2.05) is 54.7 Å². The molecule has 1 amide bonds. The lowest BCUT2D eigenvalue weighted by Crippen LogP contribution is -2.35. The minimum atomic E-state index is -5.08. The number of carboxylic acids is 3. The second-order valence-corrected chi connectivity index (χ2v) is 13.2. The molecule has 0 aliphatic carbocycles. The van der Waals surface area contributed by atoms with E-state index in [2.05, 4.69) is 41.9 Å². The number of fused-ring (bicyclic) bond motifs is 6. The predicted octanol–water partition coefficient (Wildman–Crippen LogP) is 8.13. The SMILES string of the molecule is N#Cc1ccccc1N1CCC(CC(=O)Nc2ccc3cc2CCc2cncc(c2)Nc2ncc(Cl)c(n2)N3)CC1.O=C(O)C(F)(F)F.O=C(O)C(F)(F)F.O=C(O)C(F)(F)F. The number of aryl methyl sites for hydroxylation is 2. The summed E-state index contributed by atoms with van der Waals surface area (Å²) in [6, 6.07) is 17.9. The molecule has 2 aliphatic heterocycles. The maximum absolute atomic E-state index is 13.2. The molecule has 0 radical (unpaired) electrons. The summed E-state index contributed by atoms with van der Waals surface area (Å²) in [5.41, 5.74) is 6.14. The zero-order valence-corrected chi connectivity index (χ0v) is 32.1. The van der Waals surface area contributed by atoms with E-state index in [4.69, 9.17) is 41.3 Å². The third-order valence-corrected chi connectivity index (χ3v) is 8.58. The number of hydrogen-bond donors (Lipinski definition) is 6. The lowest BCUT2D eigenvalue weighted by molar-refractivity contribution is -0.193. The van der Waals surface area contributed by atoms with Crippen molar-refractivity contribution in [3.8, 4) is 6.07 Å². The van der Waals surface area contributed by atoms with Crippen molar-refractivity contribution in [2.24, 2.45) is 5.92 Å². The van der Waals surface area contributed by atoms with Gasteiger partial charge in [0.15, 0.2) is 5.82 Å². The Morgan fingerprint density at radius 2 is 1.39 bits per heavy atom. The fraction of sp³-hybridized carbons (Fsp3) is 0.297. The molecule has 1 saturated heterocycles. The fourth-order valence-corrected chi connectivity index (χ4v) is 5.58. The summed E-state index contributed by atoms with van der Waals surface area (Å²) >= 11 is 6.38. The summed E-state index contributed by atoms with van der Waals surface area (Å²) in [6.07, 6.45) is -6.39. The fourth-order valence-electron chi connectivity index (χ4n) is 5.44. The van der Waals surface area contributed by atoms with Gasteiger partial charge >= 0.3 is 36.4 Å². The number of alkyl halides is 9. The van der Waals surface area contributed by atoms with Crippen molar-refractivity contribution in [1.29, 1.82) is 5.26 Å². The van der Waals surface area contributed by atoms with Crippen LogP contribution in [0.4, 0.5) is 74.0 Å². The van der Waals surface area contributed by atoms with E-state index < -0.39 is 36.4 Å². The number of hydrogen-bond acceptors (Lipinski definition) is 11. The molecule has 1 fully saturated rings. The van der Waals surface area contributed by atoms with Gasteiger partial charge in [0, 0.05) is 37.1 Å². The Morgan fingerprint density at radius 3 is 1.95 bits per heavy atom. The van der Waals surface area contributed by atoms with Crippen LogP contribution in [0.5, 0.6) is 0 Å². The van der Waals surface area contributed by atoms with Crippen molar-refractivity contribution in [2.75, 3.05) is 33.9 Å². The monoisotopic (exact) mass is 906 g/mol. The number of nitriles is 1. The van der Waals surface area contributed by atoms with Crippen LogP contribution >= 0.6 is 11.6 Å². The Morgan fingerprint density at radius 1 is 0.806 bits per heavy atom. The van der Waals surface area contributed by atoms with Gasteiger partial charge in [0.1, 0.15) is 11.1 Å². The molecule has 25 heteroatoms. The number of halogens is 10. The molecule has 0 unspecified atom stereocenters. The summed E-state index contributed by atoms with van der Waals surface area (Å²) in [4.78, 5) is 55.3. The number of pyridine rings is 1. The predicted molar refractivity (Wildman–Crippen MR) is 202 cm³/mol. The number of aromatic nitrogens is 3. The molecule has 2 aromatic carbocycles. The zero-order valence-electron chi connectivity index (χ0n) is 31.4. The van der Waals surface area contributed by atoms with Crippen LogP contribution in [0.15, 0.2) is 67.1 Å². The van der Waals surface area contributed by atoms with Gasteiger partial charge in [-0.3, -0.25) is 9.78 Å². The van der Waals surface area contributed by atoms with Gasteiger partial charge in [-0.25, -0.2) is 19.4 Å². The first-order valence-electron chi connectivity index (χ1n) is 17.4. The minimum Gasteiger partial charge on any atom is -0.475 e. The molecule has 0 saturated carbocycles. The number of amides is 1. The second-order valence-electron chi connectivity index (χ2n) is 12.8. The molecule has 4 aromatic rings. The van der Waals surface area contributed by atoms with Crippen molar-refractivity contribution in [3.63, 3.8) is 0 Å². The summed E-state index contributed by atoms with van der Waals surface area (Å²) in [6.45, 7) is 1.66. The van der Waals surface area contributed by atoms with Crippen LogP contribution in [-0.2, 0) is 32.0 Å². The average Bonchev–Trinajstić information content (AvgIpc) is 3.19. The van der Waals surface area contributed by atoms with Gasteiger partial charge in [-0.1, -0.05) is 23.7 Å². The Balaban J connectivity index is 0.000000403. The van der Waals surface area contributed by atoms with E-state index in [-0.39, 0.29) is 5.91 Å². The van der Waals surface area contributed by atoms with E-state index in [0.717, 1.165) is 66.2 Å². The molecular weight excluding hydrogens is 875 g/mol. The molecule has 6 N–H and O–H groups in total. The Bertz CT molecular complexity index is 2210. The van der Waals surface area contributed by atoms with Crippen LogP contribution < -0.4 is 20.9 Å². The number of anilines is 6. The van der Waals surface area contributed by atoms with Crippen LogP contribution in [0.1, 0.15) is 36.0 Å². The number of carbonyl (C=O) groups excluding carboxylic acids is 1. The van der Waals surface area contributed by atoms with Crippen LogP contribution in [0, 0.1) is 17.2 Å². The Kier molecular flexibility index (Phi) is 17.2. The number of piperidine rings is 1. The quantitative estimate of drug-likeness (QED) is 0.106. The highest BCUT2D eigenvalue weighted by Gasteiger charge is 2.39. The third kappa shape index (κ3) is 15.9. The van der Waals surface area contributed by atoms with E-state index in [9.17, 15) is 49.6 Å². The van der Waals surface area contributed by atoms with Crippen molar-refractivity contribution in [3.05, 3.63) is 88.8 Å². The molecule has 62 heavy (non-hydrogen) atoms. The summed E-state index contributed by atoms with van der Waals surface area (Å²) in [5, 5.41) is 40.9. The first-order chi connectivity index (χ1) is 28.9. The van der Waals surface area contributed by atoms with Crippen molar-refractivity contribution < 1.29 is 74.0 Å². The normalized spacial score (nSPS) is 13.6. The van der Waals surface area contributed by atoms with Gasteiger partial charge in [0.25, 0.3) is 0 Å². The number of nitrogens with zero attached hydrogens (tertiary/aromatic N) is 5. The van der Waals surface area contributed by atoms with Gasteiger partial charge in [-0.05, 0) is 79.1 Å². The highest BCUT2D eigenvalue weighted by Crippen LogP contribution is 2.31. The molecule has 15 nitrogen and oxygen atoms in total. The maximum Gasteiger partial charge on any atom is 0.490 e. The summed E-state index contributed by atoms with van der Waals surface area (Å²) in [5.74, 6) is -7.06. The summed E-state index contributed by atoms with van der Waals surface area (Å²) in [7, 11) is 0. The molecule has 0 atom stereocenters. The first kappa shape index (κ1) is 49.5. The number of rotatable bonds is 4. The van der Waals surface area contributed by atoms with Crippen LogP contribution in [0.2, 0.25) is 5.02 Å². The highest BCUT2D eigenvalue weighted by molar-refractivity contribution is 6.32. The molecule has 0 spiro atoms. The maximum atomic E-state index is 13.2. The molecule has 6 bridgehead atoms. The largest absolute Gasteiger partial charge is 0.490 e. The highest BCUT2D eigenvalue weighted by atomic mass is 35.5. The van der Waals surface area contributed by atoms with Gasteiger partial charge in [-0.2, -0.15) is 49.8 Å². The lowest BCUT2D eigenvalue weighted by Gasteiger charge is -2.33. The molecule has 2 aliphatic rings. The lowest BCUT2D eigenvalue weighted by atomic mass is 9.92. The number of para-hydroxylation sites is 1. The number of nitrogens with one attached hydrogen (secondary N) is 3. The topological polar surface area (TPSA) is 231 Å². The first-order valence-corrected chi connectivity index (χ1v) is 17.8. The number of carboxylic acid groups (broad SMARTS) is 3. The zero-order chi connectivity index (χ0) is 46.4. The van der Waals surface area contributed by atoms with E-state index in [1.54, 1.807) is 12.4 Å². The molecule has 332 valence electrons. The molecule has 6 rings (SSSR count).